The molecule has 0 saturated heterocycles. The molecule has 17 heavy (non-hydrogen) atoms. The minimum Gasteiger partial charge on any atom is -0.443 e. The number of esters is 1. The smallest absolute Gasteiger partial charge is 0.358 e. The Morgan fingerprint density at radius 3 is 2.82 bits per heavy atom. The van der Waals surface area contributed by atoms with Crippen LogP contribution in [0.25, 0.3) is 0 Å². The molecule has 3 heteroatoms. The molecule has 0 spiro atoms. The van der Waals surface area contributed by atoms with E-state index in [-0.39, 0.29) is 5.69 Å². The lowest BCUT2D eigenvalue weighted by Gasteiger charge is -1.97. The number of ether oxygens (including phenoxy) is 1. The van der Waals surface area contributed by atoms with Crippen molar-refractivity contribution < 1.29 is 9.53 Å². The Balaban J connectivity index is 0.00000121. The number of allylic oxidation sites excluding steroid dienone is 2. The van der Waals surface area contributed by atoms with Gasteiger partial charge in [-0.15, -0.1) is 6.42 Å². The molecule has 0 unspecified atom stereocenters. The number of nitrogens with zero attached hydrogens (tertiary/aromatic N) is 1. The van der Waals surface area contributed by atoms with Gasteiger partial charge in [0.1, 0.15) is 5.69 Å². The van der Waals surface area contributed by atoms with Crippen molar-refractivity contribution in [2.75, 3.05) is 0 Å². The molecule has 0 radical (unpaired) electrons. The Bertz CT molecular complexity index is 399. The van der Waals surface area contributed by atoms with Crippen molar-refractivity contribution in [1.82, 2.24) is 4.98 Å². The lowest BCUT2D eigenvalue weighted by molar-refractivity contribution is 0.0684. The van der Waals surface area contributed by atoms with E-state index in [2.05, 4.69) is 21.7 Å². The van der Waals surface area contributed by atoms with Crippen LogP contribution in [-0.4, -0.2) is 11.0 Å². The van der Waals surface area contributed by atoms with Crippen LogP contribution in [0.4, 0.5) is 0 Å². The first-order valence-corrected chi connectivity index (χ1v) is 5.42. The van der Waals surface area contributed by atoms with E-state index in [9.17, 15) is 4.79 Å². The van der Waals surface area contributed by atoms with Crippen LogP contribution >= 0.6 is 0 Å². The quantitative estimate of drug-likeness (QED) is 0.445. The molecule has 0 atom stereocenters. The van der Waals surface area contributed by atoms with Crippen LogP contribution < -0.4 is 0 Å². The number of carbonyl (C=O) groups excluding carboxylic acids is 1. The number of carbonyl (C=O) groups is 1. The zero-order valence-corrected chi connectivity index (χ0v) is 10.3. The largest absolute Gasteiger partial charge is 0.443 e. The zero-order valence-electron chi connectivity index (χ0n) is 10.3. The number of hydrogen-bond acceptors (Lipinski definition) is 3. The summed E-state index contributed by atoms with van der Waals surface area (Å²) in [6.07, 6.45) is 8.97. The van der Waals surface area contributed by atoms with Crippen molar-refractivity contribution in [2.45, 2.75) is 20.8 Å². The van der Waals surface area contributed by atoms with E-state index in [1.165, 1.54) is 6.20 Å². The van der Waals surface area contributed by atoms with Crippen molar-refractivity contribution in [3.05, 3.63) is 48.7 Å². The second-order valence-corrected chi connectivity index (χ2v) is 2.54. The maximum atomic E-state index is 11.3. The van der Waals surface area contributed by atoms with Crippen LogP contribution in [0.15, 0.2) is 36.5 Å². The molecular weight excluding hydrogens is 214 g/mol. The van der Waals surface area contributed by atoms with Gasteiger partial charge in [-0.25, -0.2) is 9.78 Å². The van der Waals surface area contributed by atoms with Crippen LogP contribution in [-0.2, 0) is 4.74 Å². The maximum absolute atomic E-state index is 11.3. The molecule has 0 fully saturated rings. The number of pyridine rings is 1. The molecular formula is C14H16NO2-. The maximum Gasteiger partial charge on any atom is 0.358 e. The van der Waals surface area contributed by atoms with Gasteiger partial charge in [-0.05, 0) is 18.2 Å². The first kappa shape index (κ1) is 14.8. The Hall–Kier alpha value is -2.21. The Kier molecular flexibility index (Phi) is 8.97. The van der Waals surface area contributed by atoms with Crippen LogP contribution in [0.5, 0.6) is 0 Å². The highest BCUT2D eigenvalue weighted by Crippen LogP contribution is 1.95. The molecule has 0 aromatic carbocycles. The van der Waals surface area contributed by atoms with Crippen LogP contribution in [0.2, 0.25) is 0 Å². The van der Waals surface area contributed by atoms with Crippen molar-refractivity contribution >= 4 is 5.97 Å². The normalized spacial score (nSPS) is 8.41. The fourth-order valence-electron chi connectivity index (χ4n) is 0.790. The topological polar surface area (TPSA) is 39.2 Å². The summed E-state index contributed by atoms with van der Waals surface area (Å²) in [6, 6.07) is 5.00. The van der Waals surface area contributed by atoms with Crippen molar-refractivity contribution in [3.63, 3.8) is 0 Å². The fraction of sp³-hybridized carbons (Fsp3) is 0.214. The Morgan fingerprint density at radius 2 is 2.24 bits per heavy atom. The van der Waals surface area contributed by atoms with E-state index in [1.54, 1.807) is 30.7 Å². The molecule has 0 aliphatic heterocycles. The molecule has 1 aromatic heterocycles. The van der Waals surface area contributed by atoms with Gasteiger partial charge in [0.25, 0.3) is 0 Å². The minimum atomic E-state index is -0.544. The van der Waals surface area contributed by atoms with E-state index in [0.717, 1.165) is 0 Å². The van der Waals surface area contributed by atoms with E-state index in [4.69, 9.17) is 0 Å². The second-order valence-electron chi connectivity index (χ2n) is 2.54. The Morgan fingerprint density at radius 1 is 1.47 bits per heavy atom. The lowest BCUT2D eigenvalue weighted by Crippen LogP contribution is -2.02. The van der Waals surface area contributed by atoms with Gasteiger partial charge in [-0.3, -0.25) is 0 Å². The average Bonchev–Trinajstić information content (AvgIpc) is 2.41. The monoisotopic (exact) mass is 230 g/mol. The fourth-order valence-corrected chi connectivity index (χ4v) is 0.790. The molecule has 0 N–H and O–H groups in total. The predicted octanol–water partition coefficient (Wildman–Crippen LogP) is 3.01. The molecule has 1 aromatic rings. The molecule has 1 rings (SSSR count). The summed E-state index contributed by atoms with van der Waals surface area (Å²) in [5, 5.41) is 0. The zero-order chi connectivity index (χ0) is 12.9. The Labute approximate surface area is 103 Å². The SMILES string of the molecule is CC.CC=C[CH-]C#COC(=O)c1ccccn1. The van der Waals surface area contributed by atoms with Crippen LogP contribution in [0.3, 0.4) is 0 Å². The molecule has 1 heterocycles. The van der Waals surface area contributed by atoms with Gasteiger partial charge in [-0.2, -0.15) is 18.1 Å². The van der Waals surface area contributed by atoms with Crippen molar-refractivity contribution in [3.8, 4) is 12.0 Å². The van der Waals surface area contributed by atoms with E-state index < -0.39 is 5.97 Å². The van der Waals surface area contributed by atoms with Gasteiger partial charge in [-0.1, -0.05) is 26.8 Å². The highest BCUT2D eigenvalue weighted by Gasteiger charge is 2.03. The van der Waals surface area contributed by atoms with E-state index in [1.807, 2.05) is 26.8 Å². The molecule has 0 amide bonds. The summed E-state index contributed by atoms with van der Waals surface area (Å²) >= 11 is 0. The minimum absolute atomic E-state index is 0.248. The third kappa shape index (κ3) is 6.80. The summed E-state index contributed by atoms with van der Waals surface area (Å²) in [4.78, 5) is 15.1. The van der Waals surface area contributed by atoms with Gasteiger partial charge < -0.3 is 4.74 Å². The summed E-state index contributed by atoms with van der Waals surface area (Å²) in [5.74, 6) is 2.01. The summed E-state index contributed by atoms with van der Waals surface area (Å²) in [7, 11) is 0. The van der Waals surface area contributed by atoms with E-state index in [0.29, 0.717) is 0 Å². The summed E-state index contributed by atoms with van der Waals surface area (Å²) in [6.45, 7) is 5.87. The van der Waals surface area contributed by atoms with Gasteiger partial charge >= 0.3 is 5.97 Å². The number of aromatic nitrogens is 1. The standard InChI is InChI=1S/C12H10NO2.C2H6/c1-2-3-4-7-10-15-12(14)11-8-5-6-9-13-11;1-2/h2-6,8-9H,1H3;1-2H3/q-1;. The van der Waals surface area contributed by atoms with Gasteiger partial charge in [0, 0.05) is 6.20 Å². The van der Waals surface area contributed by atoms with Gasteiger partial charge in [0.2, 0.25) is 0 Å². The molecule has 90 valence electrons. The van der Waals surface area contributed by atoms with Crippen molar-refractivity contribution in [1.29, 1.82) is 0 Å². The third-order valence-electron chi connectivity index (χ3n) is 1.45. The van der Waals surface area contributed by atoms with Crippen LogP contribution in [0.1, 0.15) is 31.3 Å². The van der Waals surface area contributed by atoms with Crippen LogP contribution in [0, 0.1) is 18.4 Å². The van der Waals surface area contributed by atoms with E-state index >= 15 is 0 Å². The predicted molar refractivity (Wildman–Crippen MR) is 67.9 cm³/mol. The highest BCUT2D eigenvalue weighted by molar-refractivity contribution is 5.87. The molecule has 0 aliphatic rings. The van der Waals surface area contributed by atoms with Gasteiger partial charge in [0.05, 0.1) is 0 Å². The first-order chi connectivity index (χ1) is 8.34. The second kappa shape index (κ2) is 10.3. The molecule has 3 nitrogen and oxygen atoms in total. The summed E-state index contributed by atoms with van der Waals surface area (Å²) < 4.78 is 4.65. The van der Waals surface area contributed by atoms with Crippen molar-refractivity contribution in [2.24, 2.45) is 0 Å². The number of hydrogen-bond donors (Lipinski definition) is 0. The molecule has 0 saturated carbocycles. The first-order valence-electron chi connectivity index (χ1n) is 5.42. The van der Waals surface area contributed by atoms with Gasteiger partial charge in [0.15, 0.2) is 0 Å². The third-order valence-corrected chi connectivity index (χ3v) is 1.45. The highest BCUT2D eigenvalue weighted by atomic mass is 16.5. The average molecular weight is 230 g/mol. The lowest BCUT2D eigenvalue weighted by atomic mass is 10.4. The number of rotatable bonds is 2. The summed E-state index contributed by atoms with van der Waals surface area (Å²) in [5.41, 5.74) is 0.248. The molecule has 0 bridgehead atoms. The molecule has 0 aliphatic carbocycles.